The Labute approximate surface area is 153 Å². The third-order valence-corrected chi connectivity index (χ3v) is 5.30. The minimum atomic E-state index is -4.47. The number of hydrogen-bond acceptors (Lipinski definition) is 4. The fourth-order valence-electron chi connectivity index (χ4n) is 3.32. The van der Waals surface area contributed by atoms with Gasteiger partial charge in [0, 0.05) is 6.54 Å². The van der Waals surface area contributed by atoms with Crippen LogP contribution in [-0.2, 0) is 12.0 Å². The van der Waals surface area contributed by atoms with E-state index in [2.05, 4.69) is 43.0 Å². The van der Waals surface area contributed by atoms with Crippen molar-refractivity contribution in [3.05, 3.63) is 20.9 Å². The Bertz CT molecular complexity index is 1050. The van der Waals surface area contributed by atoms with Gasteiger partial charge in [0.25, 0.3) is 5.56 Å². The number of nitrogens with zero attached hydrogens (tertiary/aromatic N) is 5. The molecule has 26 heavy (non-hydrogen) atoms. The summed E-state index contributed by atoms with van der Waals surface area (Å²) < 4.78 is 43.7. The summed E-state index contributed by atoms with van der Waals surface area (Å²) in [6.07, 6.45) is -1.92. The maximum atomic E-state index is 13.6. The van der Waals surface area contributed by atoms with Gasteiger partial charge in [0.1, 0.15) is 5.41 Å². The van der Waals surface area contributed by atoms with Crippen LogP contribution in [0, 0.1) is 0 Å². The van der Waals surface area contributed by atoms with Crippen molar-refractivity contribution in [1.29, 1.82) is 0 Å². The molecule has 3 aromatic heterocycles. The van der Waals surface area contributed by atoms with E-state index in [9.17, 15) is 18.0 Å². The molecule has 1 N–H and O–H groups in total. The third-order valence-electron chi connectivity index (χ3n) is 4.92. The van der Waals surface area contributed by atoms with Crippen LogP contribution in [0.5, 0.6) is 0 Å². The normalized spacial score (nSPS) is 16.7. The molecule has 0 unspecified atom stereocenters. The lowest BCUT2D eigenvalue weighted by atomic mass is 10.1. The Balaban J connectivity index is 2.00. The summed E-state index contributed by atoms with van der Waals surface area (Å²) >= 11 is 3.19. The Hall–Kier alpha value is -1.91. The van der Waals surface area contributed by atoms with E-state index in [0.29, 0.717) is 16.9 Å². The van der Waals surface area contributed by atoms with Crippen LogP contribution in [0.3, 0.4) is 0 Å². The predicted octanol–water partition coefficient (Wildman–Crippen LogP) is 3.31. The highest BCUT2D eigenvalue weighted by Crippen LogP contribution is 2.58. The van der Waals surface area contributed by atoms with E-state index < -0.39 is 17.2 Å². The molecule has 0 radical (unpaired) electrons. The van der Waals surface area contributed by atoms with E-state index in [-0.39, 0.29) is 30.0 Å². The second-order valence-electron chi connectivity index (χ2n) is 6.63. The van der Waals surface area contributed by atoms with Crippen molar-refractivity contribution in [1.82, 2.24) is 29.1 Å². The summed E-state index contributed by atoms with van der Waals surface area (Å²) in [6, 6.07) is 0. The molecule has 0 bridgehead atoms. The van der Waals surface area contributed by atoms with E-state index in [1.165, 1.54) is 0 Å². The molecule has 1 aliphatic rings. The van der Waals surface area contributed by atoms with Crippen molar-refractivity contribution in [2.45, 2.75) is 57.2 Å². The minimum Gasteiger partial charge on any atom is -0.327 e. The summed E-state index contributed by atoms with van der Waals surface area (Å²) in [6.45, 7) is 2.54. The van der Waals surface area contributed by atoms with Gasteiger partial charge in [-0.3, -0.25) is 9.36 Å². The van der Waals surface area contributed by atoms with Crippen molar-refractivity contribution >= 4 is 32.9 Å². The number of unbranched alkanes of at least 4 members (excludes halogenated alkanes) is 2. The van der Waals surface area contributed by atoms with Crippen molar-refractivity contribution in [3.63, 3.8) is 0 Å². The number of aryl methyl sites for hydroxylation is 1. The first kappa shape index (κ1) is 17.5. The number of halogens is 4. The standard InChI is InChI=1S/C15H16BrF3N6O/c1-2-3-4-7-24-9-8(20-12(16)21-9)10(26)25-11(22-23-13(24)25)14(5-6-14)15(17,18)19/h2-7H2,1H3,(H,20,21). The number of imidazole rings is 1. The maximum absolute atomic E-state index is 13.6. The quantitative estimate of drug-likeness (QED) is 0.495. The Morgan fingerprint density at radius 1 is 1.27 bits per heavy atom. The van der Waals surface area contributed by atoms with E-state index in [1.807, 2.05) is 0 Å². The molecule has 0 amide bonds. The molecule has 0 aliphatic heterocycles. The lowest BCUT2D eigenvalue weighted by molar-refractivity contribution is -0.162. The monoisotopic (exact) mass is 432 g/mol. The summed E-state index contributed by atoms with van der Waals surface area (Å²) in [5.74, 6) is -0.231. The SMILES string of the molecule is CCCCCn1c2nc(Br)[nH]c2c(=O)n2c(C3(C(F)(F)F)CC3)nnc12. The van der Waals surface area contributed by atoms with Crippen LogP contribution < -0.4 is 5.56 Å². The van der Waals surface area contributed by atoms with Crippen LogP contribution in [-0.4, -0.2) is 35.3 Å². The first-order valence-corrected chi connectivity index (χ1v) is 9.20. The molecular formula is C15H16BrF3N6O. The van der Waals surface area contributed by atoms with Crippen LogP contribution in [0.4, 0.5) is 13.2 Å². The van der Waals surface area contributed by atoms with E-state index in [1.54, 1.807) is 4.57 Å². The van der Waals surface area contributed by atoms with E-state index in [4.69, 9.17) is 0 Å². The minimum absolute atomic E-state index is 0.0860. The number of nitrogens with one attached hydrogen (secondary N) is 1. The number of aromatic amines is 1. The summed E-state index contributed by atoms with van der Waals surface area (Å²) in [4.78, 5) is 19.9. The Kier molecular flexibility index (Phi) is 3.90. The molecule has 11 heteroatoms. The molecule has 3 heterocycles. The molecule has 1 aliphatic carbocycles. The third kappa shape index (κ3) is 2.39. The fraction of sp³-hybridized carbons (Fsp3) is 0.600. The highest BCUT2D eigenvalue weighted by atomic mass is 79.9. The smallest absolute Gasteiger partial charge is 0.327 e. The van der Waals surface area contributed by atoms with Crippen LogP contribution in [0.15, 0.2) is 9.53 Å². The average Bonchev–Trinajstić information content (AvgIpc) is 3.12. The van der Waals surface area contributed by atoms with Gasteiger partial charge < -0.3 is 4.98 Å². The van der Waals surface area contributed by atoms with Crippen LogP contribution >= 0.6 is 15.9 Å². The number of alkyl halides is 3. The number of rotatable bonds is 5. The molecule has 0 spiro atoms. The zero-order valence-corrected chi connectivity index (χ0v) is 15.5. The zero-order chi connectivity index (χ0) is 18.7. The van der Waals surface area contributed by atoms with Gasteiger partial charge in [-0.05, 0) is 35.2 Å². The lowest BCUT2D eigenvalue weighted by Crippen LogP contribution is -2.33. The molecule has 3 aromatic rings. The second kappa shape index (κ2) is 5.80. The summed E-state index contributed by atoms with van der Waals surface area (Å²) in [7, 11) is 0. The predicted molar refractivity (Wildman–Crippen MR) is 91.1 cm³/mol. The number of H-pyrrole nitrogens is 1. The molecular weight excluding hydrogens is 417 g/mol. The Morgan fingerprint density at radius 2 is 2.00 bits per heavy atom. The molecule has 0 saturated heterocycles. The highest BCUT2D eigenvalue weighted by Gasteiger charge is 2.67. The lowest BCUT2D eigenvalue weighted by Gasteiger charge is -2.17. The molecule has 0 aromatic carbocycles. The van der Waals surface area contributed by atoms with Gasteiger partial charge in [0.05, 0.1) is 0 Å². The molecule has 1 fully saturated rings. The van der Waals surface area contributed by atoms with Gasteiger partial charge in [0.15, 0.2) is 21.7 Å². The van der Waals surface area contributed by atoms with Crippen molar-refractivity contribution in [3.8, 4) is 0 Å². The molecule has 0 atom stereocenters. The topological polar surface area (TPSA) is 80.9 Å². The second-order valence-corrected chi connectivity index (χ2v) is 7.38. The van der Waals surface area contributed by atoms with Gasteiger partial charge in [0.2, 0.25) is 5.78 Å². The van der Waals surface area contributed by atoms with Gasteiger partial charge in [-0.1, -0.05) is 19.8 Å². The Morgan fingerprint density at radius 3 is 2.62 bits per heavy atom. The fourth-order valence-corrected chi connectivity index (χ4v) is 3.69. The molecule has 1 saturated carbocycles. The first-order valence-electron chi connectivity index (χ1n) is 8.40. The van der Waals surface area contributed by atoms with Crippen LogP contribution in [0.25, 0.3) is 16.9 Å². The van der Waals surface area contributed by atoms with Crippen LogP contribution in [0.1, 0.15) is 44.9 Å². The largest absolute Gasteiger partial charge is 0.401 e. The van der Waals surface area contributed by atoms with Gasteiger partial charge in [-0.25, -0.2) is 9.38 Å². The molecule has 7 nitrogen and oxygen atoms in total. The maximum Gasteiger partial charge on any atom is 0.401 e. The first-order chi connectivity index (χ1) is 12.3. The van der Waals surface area contributed by atoms with Crippen molar-refractivity contribution < 1.29 is 13.2 Å². The van der Waals surface area contributed by atoms with Gasteiger partial charge in [-0.2, -0.15) is 13.2 Å². The molecule has 140 valence electrons. The average molecular weight is 433 g/mol. The zero-order valence-electron chi connectivity index (χ0n) is 13.9. The summed E-state index contributed by atoms with van der Waals surface area (Å²) in [5, 5.41) is 7.73. The van der Waals surface area contributed by atoms with Crippen molar-refractivity contribution in [2.75, 3.05) is 0 Å². The van der Waals surface area contributed by atoms with Gasteiger partial charge in [-0.15, -0.1) is 10.2 Å². The van der Waals surface area contributed by atoms with E-state index >= 15 is 0 Å². The highest BCUT2D eigenvalue weighted by molar-refractivity contribution is 9.10. The van der Waals surface area contributed by atoms with E-state index in [0.717, 1.165) is 23.7 Å². The number of aromatic nitrogens is 6. The van der Waals surface area contributed by atoms with Crippen molar-refractivity contribution in [2.24, 2.45) is 0 Å². The van der Waals surface area contributed by atoms with Crippen LogP contribution in [0.2, 0.25) is 0 Å². The number of hydrogen-bond donors (Lipinski definition) is 1. The molecule has 4 rings (SSSR count). The number of fused-ring (bicyclic) bond motifs is 2. The summed E-state index contributed by atoms with van der Waals surface area (Å²) in [5.41, 5.74) is -2.20. The van der Waals surface area contributed by atoms with Gasteiger partial charge >= 0.3 is 6.18 Å².